The van der Waals surface area contributed by atoms with E-state index in [1.165, 1.54) is 18.7 Å². The summed E-state index contributed by atoms with van der Waals surface area (Å²) in [4.78, 5) is 34.0. The number of hydrogen-bond acceptors (Lipinski definition) is 5. The van der Waals surface area contributed by atoms with Crippen LogP contribution in [0.3, 0.4) is 0 Å². The van der Waals surface area contributed by atoms with Gasteiger partial charge in [0, 0.05) is 19.5 Å². The quantitative estimate of drug-likeness (QED) is 0.828. The number of amides is 1. The number of aromatic nitrogens is 2. The van der Waals surface area contributed by atoms with Crippen LogP contribution in [0.25, 0.3) is 0 Å². The molecule has 1 amide bonds. The average Bonchev–Trinajstić information content (AvgIpc) is 2.67. The molecule has 0 saturated carbocycles. The molecule has 0 unspecified atom stereocenters. The topological polar surface area (TPSA) is 95.4 Å². The number of aromatic carboxylic acids is 1. The molecule has 0 radical (unpaired) electrons. The Morgan fingerprint density at radius 3 is 2.73 bits per heavy atom. The monoisotopic (exact) mass is 354 g/mol. The zero-order chi connectivity index (χ0) is 18.4. The third kappa shape index (κ3) is 4.78. The second kappa shape index (κ2) is 8.42. The predicted octanol–water partition coefficient (Wildman–Crippen LogP) is 2.74. The summed E-state index contributed by atoms with van der Waals surface area (Å²) < 4.78 is 0. The number of anilines is 2. The van der Waals surface area contributed by atoms with E-state index in [9.17, 15) is 9.59 Å². The van der Waals surface area contributed by atoms with Gasteiger partial charge >= 0.3 is 5.97 Å². The average molecular weight is 354 g/mol. The Kier molecular flexibility index (Phi) is 5.78. The first-order valence-corrected chi connectivity index (χ1v) is 8.81. The van der Waals surface area contributed by atoms with Gasteiger partial charge in [-0.2, -0.15) is 0 Å². The Morgan fingerprint density at radius 1 is 1.15 bits per heavy atom. The lowest BCUT2D eigenvalue weighted by Crippen LogP contribution is -2.30. The number of rotatable bonds is 6. The molecule has 2 N–H and O–H groups in total. The first kappa shape index (κ1) is 17.8. The van der Waals surface area contributed by atoms with Crippen molar-refractivity contribution in [2.24, 2.45) is 0 Å². The van der Waals surface area contributed by atoms with Crippen LogP contribution in [0.5, 0.6) is 0 Å². The van der Waals surface area contributed by atoms with E-state index in [0.29, 0.717) is 12.2 Å². The molecule has 3 rings (SSSR count). The van der Waals surface area contributed by atoms with Crippen molar-refractivity contribution in [3.05, 3.63) is 47.8 Å². The Balaban J connectivity index is 1.56. The minimum Gasteiger partial charge on any atom is -0.478 e. The van der Waals surface area contributed by atoms with Crippen LogP contribution in [-0.2, 0) is 11.2 Å². The fourth-order valence-electron chi connectivity index (χ4n) is 3.01. The molecule has 2 heterocycles. The number of aryl methyl sites for hydroxylation is 1. The van der Waals surface area contributed by atoms with Gasteiger partial charge in [-0.25, -0.2) is 9.78 Å². The van der Waals surface area contributed by atoms with Gasteiger partial charge in [-0.05, 0) is 43.4 Å². The van der Waals surface area contributed by atoms with Gasteiger partial charge in [0.05, 0.1) is 18.0 Å². The highest BCUT2D eigenvalue weighted by atomic mass is 16.4. The number of benzene rings is 1. The predicted molar refractivity (Wildman–Crippen MR) is 98.4 cm³/mol. The normalized spacial score (nSPS) is 14.1. The minimum atomic E-state index is -0.971. The van der Waals surface area contributed by atoms with E-state index in [0.717, 1.165) is 37.3 Å². The third-order valence-corrected chi connectivity index (χ3v) is 4.38. The maximum atomic E-state index is 12.2. The summed E-state index contributed by atoms with van der Waals surface area (Å²) >= 11 is 0. The van der Waals surface area contributed by atoms with Crippen LogP contribution in [0.15, 0.2) is 36.7 Å². The minimum absolute atomic E-state index is 0.171. The highest BCUT2D eigenvalue weighted by Crippen LogP contribution is 2.18. The number of carboxylic acids is 1. The molecule has 1 fully saturated rings. The fourth-order valence-corrected chi connectivity index (χ4v) is 3.01. The number of piperidine rings is 1. The Hall–Kier alpha value is -2.96. The molecule has 0 aliphatic carbocycles. The molecule has 136 valence electrons. The van der Waals surface area contributed by atoms with Crippen LogP contribution in [0.2, 0.25) is 0 Å². The summed E-state index contributed by atoms with van der Waals surface area (Å²) in [7, 11) is 0. The van der Waals surface area contributed by atoms with E-state index in [2.05, 4.69) is 20.2 Å². The first-order chi connectivity index (χ1) is 12.6. The van der Waals surface area contributed by atoms with Crippen molar-refractivity contribution >= 4 is 23.5 Å². The van der Waals surface area contributed by atoms with Crippen molar-refractivity contribution in [2.75, 3.05) is 23.3 Å². The first-order valence-electron chi connectivity index (χ1n) is 8.81. The van der Waals surface area contributed by atoms with E-state index < -0.39 is 5.97 Å². The highest BCUT2D eigenvalue weighted by Gasteiger charge is 2.13. The van der Waals surface area contributed by atoms with Crippen molar-refractivity contribution in [1.82, 2.24) is 9.97 Å². The van der Waals surface area contributed by atoms with E-state index in [1.807, 2.05) is 6.07 Å². The van der Waals surface area contributed by atoms with E-state index in [-0.39, 0.29) is 17.9 Å². The number of carbonyl (C=O) groups is 2. The molecular weight excluding hydrogens is 332 g/mol. The van der Waals surface area contributed by atoms with Crippen LogP contribution >= 0.6 is 0 Å². The van der Waals surface area contributed by atoms with Gasteiger partial charge in [0.1, 0.15) is 5.82 Å². The van der Waals surface area contributed by atoms with Crippen molar-refractivity contribution in [3.8, 4) is 0 Å². The number of nitrogens with one attached hydrogen (secondary N) is 1. The zero-order valence-corrected chi connectivity index (χ0v) is 14.5. The van der Waals surface area contributed by atoms with Gasteiger partial charge in [0.2, 0.25) is 5.91 Å². The molecule has 1 aliphatic heterocycles. The molecule has 7 heteroatoms. The smallest absolute Gasteiger partial charge is 0.335 e. The van der Waals surface area contributed by atoms with Gasteiger partial charge in [-0.3, -0.25) is 9.78 Å². The van der Waals surface area contributed by atoms with E-state index >= 15 is 0 Å². The Morgan fingerprint density at radius 2 is 1.96 bits per heavy atom. The molecule has 2 aromatic rings. The summed E-state index contributed by atoms with van der Waals surface area (Å²) in [5.41, 5.74) is 1.04. The van der Waals surface area contributed by atoms with E-state index in [4.69, 9.17) is 5.11 Å². The van der Waals surface area contributed by atoms with Crippen LogP contribution in [0, 0.1) is 0 Å². The summed E-state index contributed by atoms with van der Waals surface area (Å²) in [6.45, 7) is 1.93. The second-order valence-electron chi connectivity index (χ2n) is 6.36. The third-order valence-electron chi connectivity index (χ3n) is 4.38. The summed E-state index contributed by atoms with van der Waals surface area (Å²) in [6, 6.07) is 6.63. The zero-order valence-electron chi connectivity index (χ0n) is 14.5. The van der Waals surface area contributed by atoms with Gasteiger partial charge < -0.3 is 15.3 Å². The lowest BCUT2D eigenvalue weighted by molar-refractivity contribution is -0.116. The van der Waals surface area contributed by atoms with Crippen molar-refractivity contribution in [1.29, 1.82) is 0 Å². The van der Waals surface area contributed by atoms with Gasteiger partial charge in [0.15, 0.2) is 5.82 Å². The van der Waals surface area contributed by atoms with Crippen LogP contribution in [0.4, 0.5) is 11.6 Å². The van der Waals surface area contributed by atoms with Crippen molar-refractivity contribution in [2.45, 2.75) is 32.1 Å². The number of nitrogens with zero attached hydrogens (tertiary/aromatic N) is 3. The molecule has 1 aromatic carbocycles. The standard InChI is InChI=1S/C19H22N4O3/c24-18(8-7-14-5-4-6-15(11-14)19(25)26)22-16-12-20-13-17(21-16)23-9-2-1-3-10-23/h4-6,11-13H,1-3,7-10H2,(H,25,26)(H,21,22,24). The van der Waals surface area contributed by atoms with Crippen LogP contribution in [0.1, 0.15) is 41.6 Å². The largest absolute Gasteiger partial charge is 0.478 e. The maximum absolute atomic E-state index is 12.2. The van der Waals surface area contributed by atoms with Gasteiger partial charge in [-0.15, -0.1) is 0 Å². The number of hydrogen-bond donors (Lipinski definition) is 2. The van der Waals surface area contributed by atoms with Crippen LogP contribution in [-0.4, -0.2) is 40.0 Å². The SMILES string of the molecule is O=C(CCc1cccc(C(=O)O)c1)Nc1cncc(N2CCCCC2)n1. The summed E-state index contributed by atoms with van der Waals surface area (Å²) in [6.07, 6.45) is 7.50. The Labute approximate surface area is 152 Å². The Bertz CT molecular complexity index is 788. The van der Waals surface area contributed by atoms with E-state index in [1.54, 1.807) is 18.3 Å². The molecule has 1 aromatic heterocycles. The molecule has 26 heavy (non-hydrogen) atoms. The molecule has 7 nitrogen and oxygen atoms in total. The summed E-state index contributed by atoms with van der Waals surface area (Å²) in [5.74, 6) is 0.0888. The number of carbonyl (C=O) groups excluding carboxylic acids is 1. The summed E-state index contributed by atoms with van der Waals surface area (Å²) in [5, 5.41) is 11.8. The molecule has 0 bridgehead atoms. The molecule has 1 aliphatic rings. The highest BCUT2D eigenvalue weighted by molar-refractivity contribution is 5.90. The van der Waals surface area contributed by atoms with Gasteiger partial charge in [-0.1, -0.05) is 12.1 Å². The molecule has 1 saturated heterocycles. The molecular formula is C19H22N4O3. The molecule has 0 atom stereocenters. The number of carboxylic acid groups (broad SMARTS) is 1. The lowest BCUT2D eigenvalue weighted by Gasteiger charge is -2.27. The molecule has 0 spiro atoms. The van der Waals surface area contributed by atoms with Crippen LogP contribution < -0.4 is 10.2 Å². The second-order valence-corrected chi connectivity index (χ2v) is 6.36. The van der Waals surface area contributed by atoms with Crippen molar-refractivity contribution in [3.63, 3.8) is 0 Å². The fraction of sp³-hybridized carbons (Fsp3) is 0.368. The lowest BCUT2D eigenvalue weighted by atomic mass is 10.1. The van der Waals surface area contributed by atoms with Crippen molar-refractivity contribution < 1.29 is 14.7 Å². The maximum Gasteiger partial charge on any atom is 0.335 e. The van der Waals surface area contributed by atoms with Gasteiger partial charge in [0.25, 0.3) is 0 Å².